The van der Waals surface area contributed by atoms with E-state index >= 15 is 0 Å². The number of anilines is 1. The standard InChI is InChI=1S/C27H28ClFN2O2/c1-33-27(32)31(26-9-5-4-8-25(26)28)19-22-6-2-3-7-24(22)21-14-16-30(17-15-21)18-20-10-12-23(29)13-11-20/h2-13,21H,14-19H2,1H3. The van der Waals surface area contributed by atoms with E-state index in [-0.39, 0.29) is 5.82 Å². The zero-order chi connectivity index (χ0) is 23.2. The van der Waals surface area contributed by atoms with E-state index in [1.54, 1.807) is 11.0 Å². The molecule has 1 fully saturated rings. The van der Waals surface area contributed by atoms with Crippen LogP contribution < -0.4 is 4.90 Å². The fourth-order valence-electron chi connectivity index (χ4n) is 4.53. The minimum atomic E-state index is -0.438. The summed E-state index contributed by atoms with van der Waals surface area (Å²) in [6.45, 7) is 3.17. The monoisotopic (exact) mass is 466 g/mol. The fourth-order valence-corrected chi connectivity index (χ4v) is 4.76. The first kappa shape index (κ1) is 23.3. The zero-order valence-electron chi connectivity index (χ0n) is 18.7. The second-order valence-corrected chi connectivity index (χ2v) is 8.79. The number of hydrogen-bond acceptors (Lipinski definition) is 3. The van der Waals surface area contributed by atoms with Crippen LogP contribution in [-0.4, -0.2) is 31.2 Å². The Bertz CT molecular complexity index is 1080. The summed E-state index contributed by atoms with van der Waals surface area (Å²) >= 11 is 6.39. The predicted octanol–water partition coefficient (Wildman–Crippen LogP) is 6.63. The third-order valence-electron chi connectivity index (χ3n) is 6.27. The van der Waals surface area contributed by atoms with Gasteiger partial charge in [-0.15, -0.1) is 0 Å². The summed E-state index contributed by atoms with van der Waals surface area (Å²) in [4.78, 5) is 16.6. The molecule has 4 rings (SSSR count). The highest BCUT2D eigenvalue weighted by Crippen LogP contribution is 2.33. The van der Waals surface area contributed by atoms with Crippen molar-refractivity contribution in [3.05, 3.63) is 100 Å². The molecule has 33 heavy (non-hydrogen) atoms. The summed E-state index contributed by atoms with van der Waals surface area (Å²) < 4.78 is 18.2. The molecule has 1 aliphatic rings. The highest BCUT2D eigenvalue weighted by atomic mass is 35.5. The Hall–Kier alpha value is -2.89. The molecule has 0 N–H and O–H groups in total. The van der Waals surface area contributed by atoms with Crippen LogP contribution in [-0.2, 0) is 17.8 Å². The number of carbonyl (C=O) groups excluding carboxylic acids is 1. The van der Waals surface area contributed by atoms with Crippen molar-refractivity contribution in [2.45, 2.75) is 31.8 Å². The molecular formula is C27H28ClFN2O2. The van der Waals surface area contributed by atoms with E-state index in [1.807, 2.05) is 36.4 Å². The van der Waals surface area contributed by atoms with E-state index in [9.17, 15) is 9.18 Å². The highest BCUT2D eigenvalue weighted by Gasteiger charge is 2.25. The molecule has 0 aliphatic carbocycles. The summed E-state index contributed by atoms with van der Waals surface area (Å²) in [5.74, 6) is 0.211. The number of ether oxygens (including phenoxy) is 1. The van der Waals surface area contributed by atoms with Gasteiger partial charge in [0.05, 0.1) is 24.4 Å². The molecular weight excluding hydrogens is 439 g/mol. The summed E-state index contributed by atoms with van der Waals surface area (Å²) in [5.41, 5.74) is 4.12. The van der Waals surface area contributed by atoms with Gasteiger partial charge >= 0.3 is 6.09 Å². The number of halogens is 2. The molecule has 0 saturated carbocycles. The van der Waals surface area contributed by atoms with Crippen LogP contribution in [0.15, 0.2) is 72.8 Å². The van der Waals surface area contributed by atoms with Gasteiger partial charge in [-0.05, 0) is 72.8 Å². The number of carbonyl (C=O) groups is 1. The number of amides is 1. The second kappa shape index (κ2) is 10.8. The van der Waals surface area contributed by atoms with E-state index in [0.717, 1.165) is 43.6 Å². The van der Waals surface area contributed by atoms with Crippen molar-refractivity contribution in [3.63, 3.8) is 0 Å². The molecule has 1 heterocycles. The number of nitrogens with zero attached hydrogens (tertiary/aromatic N) is 2. The maximum atomic E-state index is 13.2. The molecule has 0 bridgehead atoms. The van der Waals surface area contributed by atoms with Crippen molar-refractivity contribution in [2.24, 2.45) is 0 Å². The van der Waals surface area contributed by atoms with Gasteiger partial charge in [-0.3, -0.25) is 9.80 Å². The van der Waals surface area contributed by atoms with Crippen molar-refractivity contribution in [2.75, 3.05) is 25.1 Å². The summed E-state index contributed by atoms with van der Waals surface area (Å²) in [6, 6.07) is 22.4. The number of rotatable bonds is 6. The van der Waals surface area contributed by atoms with Crippen LogP contribution in [0.25, 0.3) is 0 Å². The number of benzene rings is 3. The molecule has 172 valence electrons. The van der Waals surface area contributed by atoms with Gasteiger partial charge in [0.2, 0.25) is 0 Å². The largest absolute Gasteiger partial charge is 0.452 e. The molecule has 3 aromatic rings. The first-order valence-corrected chi connectivity index (χ1v) is 11.6. The zero-order valence-corrected chi connectivity index (χ0v) is 19.5. The van der Waals surface area contributed by atoms with Gasteiger partial charge in [-0.25, -0.2) is 9.18 Å². The molecule has 1 saturated heterocycles. The Morgan fingerprint density at radius 3 is 2.39 bits per heavy atom. The number of methoxy groups -OCH3 is 1. The smallest absolute Gasteiger partial charge is 0.414 e. The Kier molecular flexibility index (Phi) is 7.63. The molecule has 0 aromatic heterocycles. The van der Waals surface area contributed by atoms with Gasteiger partial charge in [-0.1, -0.05) is 60.1 Å². The van der Waals surface area contributed by atoms with Crippen LogP contribution in [0, 0.1) is 5.82 Å². The van der Waals surface area contributed by atoms with Crippen LogP contribution in [0.5, 0.6) is 0 Å². The van der Waals surface area contributed by atoms with Crippen molar-refractivity contribution in [1.29, 1.82) is 0 Å². The maximum absolute atomic E-state index is 13.2. The molecule has 0 spiro atoms. The third kappa shape index (κ3) is 5.73. The summed E-state index contributed by atoms with van der Waals surface area (Å²) in [7, 11) is 1.38. The van der Waals surface area contributed by atoms with E-state index in [0.29, 0.717) is 23.2 Å². The van der Waals surface area contributed by atoms with Crippen LogP contribution >= 0.6 is 11.6 Å². The lowest BCUT2D eigenvalue weighted by molar-refractivity contribution is 0.178. The Labute approximate surface area is 199 Å². The normalized spacial score (nSPS) is 14.8. The Morgan fingerprint density at radius 2 is 1.70 bits per heavy atom. The molecule has 0 unspecified atom stereocenters. The predicted molar refractivity (Wildman–Crippen MR) is 130 cm³/mol. The van der Waals surface area contributed by atoms with Gasteiger partial charge in [0, 0.05) is 6.54 Å². The van der Waals surface area contributed by atoms with Gasteiger partial charge in [-0.2, -0.15) is 0 Å². The Morgan fingerprint density at radius 1 is 1.03 bits per heavy atom. The lowest BCUT2D eigenvalue weighted by Crippen LogP contribution is -2.34. The lowest BCUT2D eigenvalue weighted by atomic mass is 9.86. The second-order valence-electron chi connectivity index (χ2n) is 8.38. The molecule has 1 amide bonds. The van der Waals surface area contributed by atoms with Crippen LogP contribution in [0.2, 0.25) is 5.02 Å². The van der Waals surface area contributed by atoms with Crippen LogP contribution in [0.4, 0.5) is 14.9 Å². The molecule has 6 heteroatoms. The van der Waals surface area contributed by atoms with E-state index in [2.05, 4.69) is 23.1 Å². The van der Waals surface area contributed by atoms with E-state index in [4.69, 9.17) is 16.3 Å². The van der Waals surface area contributed by atoms with Gasteiger partial charge < -0.3 is 4.74 Å². The van der Waals surface area contributed by atoms with Gasteiger partial charge in [0.15, 0.2) is 0 Å². The highest BCUT2D eigenvalue weighted by molar-refractivity contribution is 6.33. The number of hydrogen-bond donors (Lipinski definition) is 0. The quantitative estimate of drug-likeness (QED) is 0.408. The number of para-hydroxylation sites is 1. The minimum absolute atomic E-state index is 0.202. The molecule has 4 nitrogen and oxygen atoms in total. The first-order valence-electron chi connectivity index (χ1n) is 11.2. The van der Waals surface area contributed by atoms with Crippen molar-refractivity contribution >= 4 is 23.4 Å². The molecule has 0 atom stereocenters. The Balaban J connectivity index is 1.47. The number of piperidine rings is 1. The van der Waals surface area contributed by atoms with Crippen molar-refractivity contribution < 1.29 is 13.9 Å². The molecule has 1 aliphatic heterocycles. The lowest BCUT2D eigenvalue weighted by Gasteiger charge is -2.33. The summed E-state index contributed by atoms with van der Waals surface area (Å²) in [5, 5.41) is 0.509. The van der Waals surface area contributed by atoms with Crippen LogP contribution in [0.3, 0.4) is 0 Å². The maximum Gasteiger partial charge on any atom is 0.414 e. The van der Waals surface area contributed by atoms with Crippen LogP contribution in [0.1, 0.15) is 35.4 Å². The minimum Gasteiger partial charge on any atom is -0.452 e. The topological polar surface area (TPSA) is 32.8 Å². The summed E-state index contributed by atoms with van der Waals surface area (Å²) in [6.07, 6.45) is 1.62. The van der Waals surface area contributed by atoms with Crippen molar-refractivity contribution in [1.82, 2.24) is 4.90 Å². The van der Waals surface area contributed by atoms with E-state index < -0.39 is 6.09 Å². The molecule has 0 radical (unpaired) electrons. The number of likely N-dealkylation sites (tertiary alicyclic amines) is 1. The average molecular weight is 467 g/mol. The van der Waals surface area contributed by atoms with Crippen molar-refractivity contribution in [3.8, 4) is 0 Å². The first-order chi connectivity index (χ1) is 16.0. The fraction of sp³-hybridized carbons (Fsp3) is 0.296. The SMILES string of the molecule is COC(=O)N(Cc1ccccc1C1CCN(Cc2ccc(F)cc2)CC1)c1ccccc1Cl. The third-order valence-corrected chi connectivity index (χ3v) is 6.59. The van der Waals surface area contributed by atoms with Gasteiger partial charge in [0.1, 0.15) is 5.82 Å². The average Bonchev–Trinajstić information content (AvgIpc) is 2.85. The van der Waals surface area contributed by atoms with Gasteiger partial charge in [0.25, 0.3) is 0 Å². The van der Waals surface area contributed by atoms with E-state index in [1.165, 1.54) is 24.8 Å². The molecule has 3 aromatic carbocycles.